The molecule has 0 saturated heterocycles. The zero-order valence-electron chi connectivity index (χ0n) is 35.5. The van der Waals surface area contributed by atoms with Gasteiger partial charge in [-0.2, -0.15) is 0 Å². The number of nitrogens with zero attached hydrogens (tertiary/aromatic N) is 4. The van der Waals surface area contributed by atoms with Gasteiger partial charge in [-0.05, 0) is 69.7 Å². The molecule has 0 radical (unpaired) electrons. The lowest BCUT2D eigenvalue weighted by Crippen LogP contribution is -2.00. The molecule has 0 aliphatic rings. The Morgan fingerprint density at radius 3 is 1.25 bits per heavy atom. The van der Waals surface area contributed by atoms with E-state index < -0.39 is 0 Å². The Hall–Kier alpha value is -7.43. The minimum Gasteiger partial charge on any atom is -0.309 e. The topological polar surface area (TPSA) is 43.6 Å². The van der Waals surface area contributed by atoms with Crippen molar-refractivity contribution in [3.05, 3.63) is 206 Å². The highest BCUT2D eigenvalue weighted by Gasteiger charge is 2.16. The molecule has 8 aromatic carbocycles. The van der Waals surface area contributed by atoms with Crippen LogP contribution in [0.25, 0.3) is 95.0 Å². The van der Waals surface area contributed by atoms with Crippen molar-refractivity contribution in [1.29, 1.82) is 0 Å². The molecule has 4 heteroatoms. The molecule has 0 bridgehead atoms. The van der Waals surface area contributed by atoms with Gasteiger partial charge in [-0.3, -0.25) is 0 Å². The lowest BCUT2D eigenvalue weighted by Gasteiger charge is -2.14. The molecule has 4 nitrogen and oxygen atoms in total. The van der Waals surface area contributed by atoms with Gasteiger partial charge in [-0.15, -0.1) is 0 Å². The summed E-state index contributed by atoms with van der Waals surface area (Å²) in [6, 6.07) is 54.4. The fourth-order valence-electron chi connectivity index (χ4n) is 7.11. The number of fused-ring (bicyclic) bond motifs is 3. The van der Waals surface area contributed by atoms with Crippen molar-refractivity contribution < 1.29 is 8.22 Å². The summed E-state index contributed by atoms with van der Waals surface area (Å²) in [5, 5.41) is 0.450. The first-order valence-electron chi connectivity index (χ1n) is 21.0. The first-order valence-corrected chi connectivity index (χ1v) is 18.0. The van der Waals surface area contributed by atoms with Crippen LogP contribution in [0.3, 0.4) is 0 Å². The summed E-state index contributed by atoms with van der Waals surface area (Å²) in [4.78, 5) is 14.7. The lowest BCUT2D eigenvalue weighted by atomic mass is 9.95. The molecule has 55 heavy (non-hydrogen) atoms. The van der Waals surface area contributed by atoms with E-state index in [-0.39, 0.29) is 47.0 Å². The van der Waals surface area contributed by atoms with Gasteiger partial charge in [0.25, 0.3) is 0 Å². The van der Waals surface area contributed by atoms with Gasteiger partial charge in [0.1, 0.15) is 0 Å². The number of hydrogen-bond acceptors (Lipinski definition) is 3. The number of aromatic nitrogens is 4. The van der Waals surface area contributed by atoms with E-state index in [1.54, 1.807) is 4.57 Å². The van der Waals surface area contributed by atoms with Gasteiger partial charge in [0.15, 0.2) is 17.5 Å². The standard InChI is InChI=1S/C51H34N4/c1-4-15-35(16-5-1)42-32-43(34-44(33-42)55-47-25-12-10-23-45(47)46-24-11-13-26-48(46)55)37-29-27-36(28-30-37)40-21-14-22-41(31-40)51-53-49(38-17-6-2-7-18-38)52-50(54-51)39-19-8-3-9-20-39/h1-34H/i10D,11D,23D,24D,25D,26D. The maximum absolute atomic E-state index is 9.02. The van der Waals surface area contributed by atoms with Gasteiger partial charge in [-0.1, -0.05) is 170 Å². The summed E-state index contributed by atoms with van der Waals surface area (Å²) in [5.41, 5.74) is 9.58. The second-order valence-electron chi connectivity index (χ2n) is 13.2. The molecule has 0 saturated carbocycles. The Morgan fingerprint density at radius 2 is 0.727 bits per heavy atom. The molecule has 258 valence electrons. The highest BCUT2D eigenvalue weighted by molar-refractivity contribution is 6.09. The number of benzene rings is 8. The monoisotopic (exact) mass is 708 g/mol. The van der Waals surface area contributed by atoms with Gasteiger partial charge in [0.2, 0.25) is 0 Å². The van der Waals surface area contributed by atoms with Crippen LogP contribution in [0.5, 0.6) is 0 Å². The molecule has 0 unspecified atom stereocenters. The molecule has 2 heterocycles. The Kier molecular flexibility index (Phi) is 6.63. The molecular weight excluding hydrogens is 669 g/mol. The van der Waals surface area contributed by atoms with Crippen LogP contribution in [0.15, 0.2) is 206 Å². The third-order valence-electron chi connectivity index (χ3n) is 9.78. The Balaban J connectivity index is 1.09. The van der Waals surface area contributed by atoms with Crippen LogP contribution < -0.4 is 0 Å². The molecule has 0 N–H and O–H groups in total. The zero-order valence-corrected chi connectivity index (χ0v) is 29.5. The van der Waals surface area contributed by atoms with E-state index in [1.165, 1.54) is 12.1 Å². The van der Waals surface area contributed by atoms with Crippen molar-refractivity contribution in [3.63, 3.8) is 0 Å². The average Bonchev–Trinajstić information content (AvgIpc) is 3.69. The predicted molar refractivity (Wildman–Crippen MR) is 227 cm³/mol. The quantitative estimate of drug-likeness (QED) is 0.166. The zero-order chi connectivity index (χ0) is 41.8. The molecular formula is C51H34N4. The maximum Gasteiger partial charge on any atom is 0.164 e. The molecule has 0 aliphatic carbocycles. The molecule has 2 aromatic heterocycles. The minimum absolute atomic E-state index is 0.000484. The van der Waals surface area contributed by atoms with E-state index >= 15 is 0 Å². The number of para-hydroxylation sites is 2. The van der Waals surface area contributed by atoms with E-state index in [4.69, 9.17) is 23.2 Å². The van der Waals surface area contributed by atoms with E-state index in [9.17, 15) is 0 Å². The summed E-state index contributed by atoms with van der Waals surface area (Å²) in [6.45, 7) is 0. The Morgan fingerprint density at radius 1 is 0.327 bits per heavy atom. The summed E-state index contributed by atoms with van der Waals surface area (Å²) in [6.07, 6.45) is 0. The van der Waals surface area contributed by atoms with Gasteiger partial charge < -0.3 is 4.57 Å². The van der Waals surface area contributed by atoms with E-state index in [1.807, 2.05) is 115 Å². The highest BCUT2D eigenvalue weighted by Crippen LogP contribution is 2.37. The SMILES string of the molecule is [2H]c1cc([2H])c2c(c1[2H])c1c([2H])c([2H])cc([2H])c1n2-c1cc(-c2ccccc2)cc(-c2ccc(-c3cccc(-c4nc(-c5ccccc5)nc(-c5ccccc5)n4)c3)cc2)c1. The second-order valence-corrected chi connectivity index (χ2v) is 13.2. The number of hydrogen-bond donors (Lipinski definition) is 0. The minimum atomic E-state index is -0.149. The van der Waals surface area contributed by atoms with Crippen LogP contribution >= 0.6 is 0 Å². The Bertz CT molecular complexity index is 3170. The van der Waals surface area contributed by atoms with E-state index in [0.717, 1.165) is 50.1 Å². The van der Waals surface area contributed by atoms with Crippen molar-refractivity contribution >= 4 is 21.8 Å². The van der Waals surface area contributed by atoms with Crippen molar-refractivity contribution in [2.24, 2.45) is 0 Å². The van der Waals surface area contributed by atoms with E-state index in [2.05, 4.69) is 42.5 Å². The van der Waals surface area contributed by atoms with Crippen LogP contribution in [-0.2, 0) is 0 Å². The van der Waals surface area contributed by atoms with Crippen LogP contribution in [0, 0.1) is 0 Å². The third-order valence-corrected chi connectivity index (χ3v) is 9.78. The fourth-order valence-corrected chi connectivity index (χ4v) is 7.11. The summed E-state index contributed by atoms with van der Waals surface area (Å²) in [7, 11) is 0. The largest absolute Gasteiger partial charge is 0.309 e. The van der Waals surface area contributed by atoms with Gasteiger partial charge in [0.05, 0.1) is 19.3 Å². The van der Waals surface area contributed by atoms with Crippen molar-refractivity contribution in [2.75, 3.05) is 0 Å². The van der Waals surface area contributed by atoms with Crippen molar-refractivity contribution in [3.8, 4) is 73.2 Å². The van der Waals surface area contributed by atoms with Crippen molar-refractivity contribution in [1.82, 2.24) is 19.5 Å². The molecule has 0 amide bonds. The molecule has 10 aromatic rings. The van der Waals surface area contributed by atoms with Crippen LogP contribution in [0.4, 0.5) is 0 Å². The summed E-state index contributed by atoms with van der Waals surface area (Å²) in [5.74, 6) is 1.76. The average molecular weight is 709 g/mol. The second kappa shape index (κ2) is 13.8. The van der Waals surface area contributed by atoms with Crippen molar-refractivity contribution in [2.45, 2.75) is 0 Å². The first-order chi connectivity index (χ1) is 29.7. The molecule has 0 fully saturated rings. The lowest BCUT2D eigenvalue weighted by molar-refractivity contribution is 1.07. The molecule has 0 aliphatic heterocycles. The molecule has 10 rings (SSSR count). The first kappa shape index (κ1) is 26.4. The summed E-state index contributed by atoms with van der Waals surface area (Å²) < 4.78 is 54.4. The molecule has 0 spiro atoms. The smallest absolute Gasteiger partial charge is 0.164 e. The third kappa shape index (κ3) is 6.16. The van der Waals surface area contributed by atoms with Gasteiger partial charge in [0, 0.05) is 33.2 Å². The van der Waals surface area contributed by atoms with Gasteiger partial charge >= 0.3 is 0 Å². The van der Waals surface area contributed by atoms with Gasteiger partial charge in [-0.25, -0.2) is 15.0 Å². The van der Waals surface area contributed by atoms with E-state index in [0.29, 0.717) is 34.2 Å². The van der Waals surface area contributed by atoms with Crippen LogP contribution in [-0.4, -0.2) is 19.5 Å². The predicted octanol–water partition coefficient (Wildman–Crippen LogP) is 13.0. The van der Waals surface area contributed by atoms with Crippen LogP contribution in [0.2, 0.25) is 0 Å². The normalized spacial score (nSPS) is 12.8. The Labute approximate surface area is 328 Å². The maximum atomic E-state index is 9.02. The van der Waals surface area contributed by atoms with Crippen LogP contribution in [0.1, 0.15) is 8.22 Å². The fraction of sp³-hybridized carbons (Fsp3) is 0. The molecule has 0 atom stereocenters. The highest BCUT2D eigenvalue weighted by atomic mass is 15.0. The summed E-state index contributed by atoms with van der Waals surface area (Å²) >= 11 is 0. The number of rotatable bonds is 7.